The smallest absolute Gasteiger partial charge is 0.115 e. The van der Waals surface area contributed by atoms with Crippen LogP contribution in [-0.4, -0.2) is 24.2 Å². The third-order valence-electron chi connectivity index (χ3n) is 6.07. The summed E-state index contributed by atoms with van der Waals surface area (Å²) in [6, 6.07) is 5.79. The lowest BCUT2D eigenvalue weighted by Gasteiger charge is -2.48. The van der Waals surface area contributed by atoms with Gasteiger partial charge in [-0.15, -0.1) is 0 Å². The molecule has 0 unspecified atom stereocenters. The van der Waals surface area contributed by atoms with Gasteiger partial charge in [-0.1, -0.05) is 30.6 Å². The van der Waals surface area contributed by atoms with Gasteiger partial charge in [0.05, 0.1) is 14.0 Å². The number of benzene rings is 1. The first-order valence-electron chi connectivity index (χ1n) is 7.95. The highest BCUT2D eigenvalue weighted by atomic mass is 16.3. The molecule has 3 atom stereocenters. The van der Waals surface area contributed by atoms with Crippen LogP contribution in [-0.2, 0) is 11.8 Å². The second kappa shape index (κ2) is 4.16. The Hall–Kier alpha value is -1.22. The molecule has 3 heteroatoms. The minimum atomic E-state index is -0.277. The molecule has 0 spiro atoms. The zero-order chi connectivity index (χ0) is 14.8. The average Bonchev–Trinajstić information content (AvgIpc) is 2.73. The topological polar surface area (TPSA) is 40.5 Å². The zero-order valence-electron chi connectivity index (χ0n) is 12.5. The number of allylic oxidation sites excluding steroid dienone is 1. The molecule has 108 valence electrons. The summed E-state index contributed by atoms with van der Waals surface area (Å²) < 4.78 is 0. The summed E-state index contributed by atoms with van der Waals surface area (Å²) in [6.45, 7) is 2.31. The Bertz CT molecular complexity index is 651. The highest BCUT2D eigenvalue weighted by Gasteiger charge is 2.49. The van der Waals surface area contributed by atoms with Gasteiger partial charge in [0, 0.05) is 5.41 Å². The van der Waals surface area contributed by atoms with E-state index in [0.717, 1.165) is 32.1 Å². The molecule has 2 N–H and O–H groups in total. The molecular weight excluding hydrogens is 259 g/mol. The lowest BCUT2D eigenvalue weighted by atomic mass is 9.50. The van der Waals surface area contributed by atoms with Crippen molar-refractivity contribution in [3.63, 3.8) is 0 Å². The molecular formula is C18H21BO2. The van der Waals surface area contributed by atoms with Gasteiger partial charge in [-0.05, 0) is 60.7 Å². The van der Waals surface area contributed by atoms with E-state index in [1.807, 2.05) is 6.07 Å². The molecule has 0 aromatic heterocycles. The van der Waals surface area contributed by atoms with Gasteiger partial charge in [0.15, 0.2) is 0 Å². The van der Waals surface area contributed by atoms with E-state index in [1.165, 1.54) is 22.3 Å². The van der Waals surface area contributed by atoms with Crippen LogP contribution in [0.15, 0.2) is 29.3 Å². The van der Waals surface area contributed by atoms with E-state index < -0.39 is 0 Å². The molecule has 0 heterocycles. The van der Waals surface area contributed by atoms with Gasteiger partial charge in [0.1, 0.15) is 5.75 Å². The van der Waals surface area contributed by atoms with Crippen LogP contribution in [0.25, 0.3) is 0 Å². The van der Waals surface area contributed by atoms with E-state index in [2.05, 4.69) is 13.0 Å². The van der Waals surface area contributed by atoms with Crippen LogP contribution in [0.2, 0.25) is 5.31 Å². The summed E-state index contributed by atoms with van der Waals surface area (Å²) in [5, 5.41) is 19.5. The molecule has 2 nitrogen and oxygen atoms in total. The zero-order valence-corrected chi connectivity index (χ0v) is 12.5. The second-order valence-electron chi connectivity index (χ2n) is 7.35. The number of phenols is 1. The molecule has 21 heavy (non-hydrogen) atoms. The summed E-state index contributed by atoms with van der Waals surface area (Å²) in [5.74, 6) is 0.355. The first-order valence-corrected chi connectivity index (χ1v) is 7.95. The molecule has 1 aromatic carbocycles. The quantitative estimate of drug-likeness (QED) is 0.566. The Morgan fingerprint density at radius 1 is 1.19 bits per heavy atom. The molecule has 1 aromatic rings. The number of hydrogen-bond acceptors (Lipinski definition) is 2. The molecule has 3 aliphatic carbocycles. The SMILES string of the molecule is [B][C@@]12CC[C@]3(C)C(=C1C[C@H](O)C2)CCc1cc(O)ccc13. The molecule has 1 saturated carbocycles. The maximum Gasteiger partial charge on any atom is 0.115 e. The van der Waals surface area contributed by atoms with Crippen molar-refractivity contribution in [2.45, 2.75) is 62.3 Å². The van der Waals surface area contributed by atoms with Crippen LogP contribution < -0.4 is 0 Å². The third kappa shape index (κ3) is 1.76. The van der Waals surface area contributed by atoms with Crippen molar-refractivity contribution in [2.75, 3.05) is 0 Å². The number of fused-ring (bicyclic) bond motifs is 4. The van der Waals surface area contributed by atoms with E-state index in [9.17, 15) is 10.2 Å². The first kappa shape index (κ1) is 13.4. The van der Waals surface area contributed by atoms with Gasteiger partial charge in [-0.25, -0.2) is 0 Å². The fraction of sp³-hybridized carbons (Fsp3) is 0.556. The maximum absolute atomic E-state index is 10.1. The minimum absolute atomic E-state index is 0.0313. The van der Waals surface area contributed by atoms with Crippen LogP contribution in [0.3, 0.4) is 0 Å². The highest BCUT2D eigenvalue weighted by molar-refractivity contribution is 6.18. The predicted octanol–water partition coefficient (Wildman–Crippen LogP) is 3.17. The van der Waals surface area contributed by atoms with E-state index in [-0.39, 0.29) is 16.8 Å². The Labute approximate surface area is 127 Å². The lowest BCUT2D eigenvalue weighted by molar-refractivity contribution is 0.179. The largest absolute Gasteiger partial charge is 0.508 e. The van der Waals surface area contributed by atoms with Gasteiger partial charge in [0.2, 0.25) is 0 Å². The summed E-state index contributed by atoms with van der Waals surface area (Å²) in [4.78, 5) is 0. The van der Waals surface area contributed by atoms with Crippen molar-refractivity contribution in [1.29, 1.82) is 0 Å². The minimum Gasteiger partial charge on any atom is -0.508 e. The molecule has 0 bridgehead atoms. The van der Waals surface area contributed by atoms with Crippen LogP contribution >= 0.6 is 0 Å². The first-order chi connectivity index (χ1) is 9.92. The molecule has 0 aliphatic heterocycles. The van der Waals surface area contributed by atoms with Crippen molar-refractivity contribution in [3.8, 4) is 5.75 Å². The molecule has 0 amide bonds. The molecule has 4 rings (SSSR count). The van der Waals surface area contributed by atoms with Crippen molar-refractivity contribution in [1.82, 2.24) is 0 Å². The number of rotatable bonds is 0. The summed E-state index contributed by atoms with van der Waals surface area (Å²) in [5.41, 5.74) is 5.43. The molecule has 0 saturated heterocycles. The fourth-order valence-electron chi connectivity index (χ4n) is 5.00. The number of hydrogen-bond donors (Lipinski definition) is 2. The van der Waals surface area contributed by atoms with E-state index in [0.29, 0.717) is 12.2 Å². The van der Waals surface area contributed by atoms with E-state index in [1.54, 1.807) is 6.07 Å². The lowest BCUT2D eigenvalue weighted by Crippen LogP contribution is -2.37. The van der Waals surface area contributed by atoms with E-state index >= 15 is 0 Å². The number of aliphatic hydroxyl groups excluding tert-OH is 1. The summed E-state index contributed by atoms with van der Waals surface area (Å²) in [6.07, 6.45) is 5.13. The molecule has 3 aliphatic rings. The summed E-state index contributed by atoms with van der Waals surface area (Å²) in [7, 11) is 6.61. The molecule has 2 radical (unpaired) electrons. The highest BCUT2D eigenvalue weighted by Crippen LogP contribution is 2.62. The third-order valence-corrected chi connectivity index (χ3v) is 6.07. The van der Waals surface area contributed by atoms with Crippen molar-refractivity contribution in [2.24, 2.45) is 0 Å². The monoisotopic (exact) mass is 280 g/mol. The number of phenolic OH excluding ortho intramolecular Hbond substituents is 1. The average molecular weight is 280 g/mol. The van der Waals surface area contributed by atoms with Crippen molar-refractivity contribution < 1.29 is 10.2 Å². The number of aromatic hydroxyl groups is 1. The Balaban J connectivity index is 1.90. The predicted molar refractivity (Wildman–Crippen MR) is 83.7 cm³/mol. The maximum atomic E-state index is 10.1. The number of aryl methyl sites for hydroxylation is 1. The van der Waals surface area contributed by atoms with Crippen LogP contribution in [0.1, 0.15) is 50.2 Å². The van der Waals surface area contributed by atoms with E-state index in [4.69, 9.17) is 7.85 Å². The van der Waals surface area contributed by atoms with Gasteiger partial charge in [0.25, 0.3) is 0 Å². The second-order valence-corrected chi connectivity index (χ2v) is 7.35. The van der Waals surface area contributed by atoms with Crippen LogP contribution in [0, 0.1) is 0 Å². The molecule has 1 fully saturated rings. The van der Waals surface area contributed by atoms with Crippen molar-refractivity contribution in [3.05, 3.63) is 40.5 Å². The van der Waals surface area contributed by atoms with Crippen LogP contribution in [0.4, 0.5) is 0 Å². The number of aliphatic hydroxyl groups is 1. The fourth-order valence-corrected chi connectivity index (χ4v) is 5.00. The van der Waals surface area contributed by atoms with Crippen LogP contribution in [0.5, 0.6) is 5.75 Å². The normalized spacial score (nSPS) is 37.9. The van der Waals surface area contributed by atoms with Gasteiger partial charge in [-0.3, -0.25) is 0 Å². The standard InChI is InChI=1S/C18H21BO2/c1-17-6-7-18(19)10-13(21)9-16(18)15(17)4-2-11-8-12(20)3-5-14(11)17/h3,5,8,13,20-21H,2,4,6-7,9-10H2,1H3/t13-,17-,18+/m0/s1. The van der Waals surface area contributed by atoms with Gasteiger partial charge < -0.3 is 10.2 Å². The Kier molecular flexibility index (Phi) is 2.67. The summed E-state index contributed by atoms with van der Waals surface area (Å²) >= 11 is 0. The Morgan fingerprint density at radius 2 is 2.00 bits per heavy atom. The van der Waals surface area contributed by atoms with Crippen molar-refractivity contribution >= 4 is 7.85 Å². The van der Waals surface area contributed by atoms with Gasteiger partial charge >= 0.3 is 0 Å². The Morgan fingerprint density at radius 3 is 2.81 bits per heavy atom. The van der Waals surface area contributed by atoms with Gasteiger partial charge in [-0.2, -0.15) is 0 Å².